The lowest BCUT2D eigenvalue weighted by Gasteiger charge is -2.62. The molecular formula is C26H42O3. The molecule has 0 spiro atoms. The average molecular weight is 403 g/mol. The second kappa shape index (κ2) is 8.98. The molecule has 3 aliphatic carbocycles. The summed E-state index contributed by atoms with van der Waals surface area (Å²) in [5.74, 6) is 2.34. The van der Waals surface area contributed by atoms with Gasteiger partial charge in [-0.25, -0.2) is 0 Å². The van der Waals surface area contributed by atoms with Gasteiger partial charge in [0.15, 0.2) is 0 Å². The number of aliphatic hydroxyl groups is 1. The maximum absolute atomic E-state index is 9.87. The van der Waals surface area contributed by atoms with Crippen LogP contribution in [0.15, 0.2) is 35.1 Å². The van der Waals surface area contributed by atoms with Crippen LogP contribution in [0.1, 0.15) is 72.6 Å². The Morgan fingerprint density at radius 3 is 2.55 bits per heavy atom. The Morgan fingerprint density at radius 1 is 1.21 bits per heavy atom. The second-order valence-electron chi connectivity index (χ2n) is 10.3. The van der Waals surface area contributed by atoms with Crippen LogP contribution in [0.25, 0.3) is 0 Å². The lowest BCUT2D eigenvalue weighted by Crippen LogP contribution is -2.58. The highest BCUT2D eigenvalue weighted by Crippen LogP contribution is 2.66. The quantitative estimate of drug-likeness (QED) is 0.357. The Bertz CT molecular complexity index is 671. The summed E-state index contributed by atoms with van der Waals surface area (Å²) in [6.07, 6.45) is 15.6. The minimum Gasteiger partial charge on any atom is -0.501 e. The molecule has 0 amide bonds. The number of hydrogen-bond acceptors (Lipinski definition) is 3. The van der Waals surface area contributed by atoms with Gasteiger partial charge in [-0.1, -0.05) is 65.5 Å². The van der Waals surface area contributed by atoms with Gasteiger partial charge in [0.25, 0.3) is 0 Å². The van der Waals surface area contributed by atoms with E-state index >= 15 is 0 Å². The van der Waals surface area contributed by atoms with Crippen LogP contribution in [0, 0.1) is 28.6 Å². The number of ether oxygens (including phenoxy) is 2. The maximum Gasteiger partial charge on any atom is 0.102 e. The van der Waals surface area contributed by atoms with Gasteiger partial charge in [0, 0.05) is 7.11 Å². The van der Waals surface area contributed by atoms with Crippen molar-refractivity contribution < 1.29 is 14.6 Å². The van der Waals surface area contributed by atoms with Crippen LogP contribution in [-0.4, -0.2) is 32.0 Å². The Hall–Kier alpha value is -1.06. The van der Waals surface area contributed by atoms with E-state index in [1.54, 1.807) is 0 Å². The first-order valence-electron chi connectivity index (χ1n) is 11.6. The van der Waals surface area contributed by atoms with Gasteiger partial charge in [0.2, 0.25) is 0 Å². The number of allylic oxidation sites excluding steroid dienone is 3. The zero-order valence-corrected chi connectivity index (χ0v) is 19.5. The van der Waals surface area contributed by atoms with Crippen molar-refractivity contribution in [3.05, 3.63) is 35.1 Å². The molecule has 0 aromatic carbocycles. The second-order valence-corrected chi connectivity index (χ2v) is 10.3. The standard InChI is InChI=1S/C26H42O3/c1-7-8-9-10-13-25(2,3)20-15-22(28-5)24(23(16-20)29-6)26(4)19-12-11-18(17-27)21(26)14-19/h11,15-16,19,21-22,24,27H,7-10,12-14,17H2,1-6H3/t19?,21-,22?,24?,26?/m1/s1. The summed E-state index contributed by atoms with van der Waals surface area (Å²) in [5, 5.41) is 9.87. The number of aliphatic hydroxyl groups excluding tert-OH is 1. The highest BCUT2D eigenvalue weighted by Gasteiger charge is 2.61. The summed E-state index contributed by atoms with van der Waals surface area (Å²) in [6.45, 7) is 9.55. The molecule has 29 heavy (non-hydrogen) atoms. The molecule has 3 rings (SSSR count). The molecule has 3 nitrogen and oxygen atoms in total. The third kappa shape index (κ3) is 3.97. The smallest absolute Gasteiger partial charge is 0.102 e. The monoisotopic (exact) mass is 402 g/mol. The molecule has 3 aliphatic rings. The molecule has 0 saturated heterocycles. The number of unbranched alkanes of at least 4 members (excludes halogenated alkanes) is 3. The fraction of sp³-hybridized carbons (Fsp3) is 0.769. The number of methoxy groups -OCH3 is 2. The van der Waals surface area contributed by atoms with Gasteiger partial charge in [-0.15, -0.1) is 0 Å². The molecule has 3 heteroatoms. The van der Waals surface area contributed by atoms with Gasteiger partial charge >= 0.3 is 0 Å². The Morgan fingerprint density at radius 2 is 1.97 bits per heavy atom. The van der Waals surface area contributed by atoms with Gasteiger partial charge in [-0.2, -0.15) is 0 Å². The van der Waals surface area contributed by atoms with Crippen molar-refractivity contribution in [1.82, 2.24) is 0 Å². The number of hydrogen-bond donors (Lipinski definition) is 1. The SMILES string of the molecule is CCCCCCC(C)(C)C1=CC(OC)C(C2(C)C3CC=C(CO)[C@H]2C3)C(OC)=C1. The first-order chi connectivity index (χ1) is 13.8. The van der Waals surface area contributed by atoms with Crippen LogP contribution >= 0.6 is 0 Å². The molecule has 0 aliphatic heterocycles. The van der Waals surface area contributed by atoms with E-state index in [1.807, 2.05) is 14.2 Å². The number of rotatable bonds is 10. The Labute approximate surface area is 178 Å². The van der Waals surface area contributed by atoms with E-state index in [4.69, 9.17) is 9.47 Å². The summed E-state index contributed by atoms with van der Waals surface area (Å²) in [5.41, 5.74) is 2.76. The highest BCUT2D eigenvalue weighted by molar-refractivity contribution is 5.38. The normalized spacial score (nSPS) is 34.1. The topological polar surface area (TPSA) is 38.7 Å². The fourth-order valence-electron chi connectivity index (χ4n) is 6.23. The third-order valence-corrected chi connectivity index (χ3v) is 8.34. The van der Waals surface area contributed by atoms with Crippen molar-refractivity contribution in [2.75, 3.05) is 20.8 Å². The lowest BCUT2D eigenvalue weighted by atomic mass is 9.42. The van der Waals surface area contributed by atoms with Crippen LogP contribution < -0.4 is 0 Å². The van der Waals surface area contributed by atoms with Gasteiger partial charge < -0.3 is 14.6 Å². The van der Waals surface area contributed by atoms with Crippen LogP contribution in [0.3, 0.4) is 0 Å². The molecule has 1 fully saturated rings. The van der Waals surface area contributed by atoms with Crippen molar-refractivity contribution in [3.8, 4) is 0 Å². The summed E-state index contributed by atoms with van der Waals surface area (Å²) in [4.78, 5) is 0. The van der Waals surface area contributed by atoms with Crippen molar-refractivity contribution in [1.29, 1.82) is 0 Å². The van der Waals surface area contributed by atoms with Crippen LogP contribution in [-0.2, 0) is 9.47 Å². The van der Waals surface area contributed by atoms with Gasteiger partial charge in [-0.3, -0.25) is 0 Å². The molecular weight excluding hydrogens is 360 g/mol. The Balaban J connectivity index is 1.86. The lowest BCUT2D eigenvalue weighted by molar-refractivity contribution is -0.118. The van der Waals surface area contributed by atoms with Crippen LogP contribution in [0.5, 0.6) is 0 Å². The van der Waals surface area contributed by atoms with Crippen molar-refractivity contribution >= 4 is 0 Å². The van der Waals surface area contributed by atoms with E-state index in [0.29, 0.717) is 11.8 Å². The summed E-state index contributed by atoms with van der Waals surface area (Å²) < 4.78 is 12.1. The first-order valence-corrected chi connectivity index (χ1v) is 11.6. The first kappa shape index (κ1) is 22.6. The fourth-order valence-corrected chi connectivity index (χ4v) is 6.23. The molecule has 0 aromatic rings. The Kier molecular flexibility index (Phi) is 7.00. The molecule has 1 N–H and O–H groups in total. The van der Waals surface area contributed by atoms with E-state index in [0.717, 1.165) is 12.2 Å². The van der Waals surface area contributed by atoms with Crippen LogP contribution in [0.2, 0.25) is 0 Å². The molecule has 1 saturated carbocycles. The minimum atomic E-state index is 0.0215. The predicted octanol–water partition coefficient (Wildman–Crippen LogP) is 6.05. The van der Waals surface area contributed by atoms with Crippen molar-refractivity contribution in [2.24, 2.45) is 28.6 Å². The maximum atomic E-state index is 9.87. The zero-order chi connectivity index (χ0) is 21.2. The van der Waals surface area contributed by atoms with Gasteiger partial charge in [-0.05, 0) is 59.2 Å². The highest BCUT2D eigenvalue weighted by atomic mass is 16.5. The summed E-state index contributed by atoms with van der Waals surface area (Å²) in [6, 6.07) is 0. The van der Waals surface area contributed by atoms with E-state index in [9.17, 15) is 5.11 Å². The third-order valence-electron chi connectivity index (χ3n) is 8.34. The summed E-state index contributed by atoms with van der Waals surface area (Å²) >= 11 is 0. The van der Waals surface area contributed by atoms with Crippen molar-refractivity contribution in [2.45, 2.75) is 78.7 Å². The molecule has 0 radical (unpaired) electrons. The minimum absolute atomic E-state index is 0.0215. The van der Waals surface area contributed by atoms with E-state index in [2.05, 4.69) is 45.9 Å². The van der Waals surface area contributed by atoms with Gasteiger partial charge in [0.1, 0.15) is 5.76 Å². The van der Waals surface area contributed by atoms with Crippen molar-refractivity contribution in [3.63, 3.8) is 0 Å². The van der Waals surface area contributed by atoms with E-state index in [-0.39, 0.29) is 29.5 Å². The molecule has 0 heterocycles. The predicted molar refractivity (Wildman–Crippen MR) is 119 cm³/mol. The number of fused-ring (bicyclic) bond motifs is 2. The molecule has 164 valence electrons. The molecule has 0 aromatic heterocycles. The largest absolute Gasteiger partial charge is 0.501 e. The van der Waals surface area contributed by atoms with Crippen LogP contribution in [0.4, 0.5) is 0 Å². The van der Waals surface area contributed by atoms with E-state index < -0.39 is 0 Å². The van der Waals surface area contributed by atoms with Gasteiger partial charge in [0.05, 0.1) is 25.7 Å². The molecule has 4 unspecified atom stereocenters. The summed E-state index contributed by atoms with van der Waals surface area (Å²) in [7, 11) is 3.64. The molecule has 5 atom stereocenters. The van der Waals surface area contributed by atoms with E-state index in [1.165, 1.54) is 49.7 Å². The zero-order valence-electron chi connectivity index (χ0n) is 19.5. The average Bonchev–Trinajstić information content (AvgIpc) is 2.74. The molecule has 2 bridgehead atoms.